The predicted molar refractivity (Wildman–Crippen MR) is 79.4 cm³/mol. The Kier molecular flexibility index (Phi) is 3.28. The fourth-order valence-corrected chi connectivity index (χ4v) is 2.44. The van der Waals surface area contributed by atoms with E-state index in [1.165, 1.54) is 7.11 Å². The first-order valence-corrected chi connectivity index (χ1v) is 6.51. The molecule has 0 atom stereocenters. The molecule has 0 aromatic heterocycles. The zero-order valence-corrected chi connectivity index (χ0v) is 11.4. The number of carbonyl (C=O) groups is 2. The lowest BCUT2D eigenvalue weighted by Crippen LogP contribution is -2.22. The topological polar surface area (TPSA) is 55.4 Å². The van der Waals surface area contributed by atoms with Gasteiger partial charge < -0.3 is 4.74 Å². The summed E-state index contributed by atoms with van der Waals surface area (Å²) in [4.78, 5) is 24.3. The van der Waals surface area contributed by atoms with E-state index in [9.17, 15) is 9.59 Å². The van der Waals surface area contributed by atoms with Gasteiger partial charge in [0.1, 0.15) is 5.75 Å². The van der Waals surface area contributed by atoms with Gasteiger partial charge in [-0.15, -0.1) is 0 Å². The van der Waals surface area contributed by atoms with Crippen LogP contribution in [0.1, 0.15) is 11.1 Å². The molecular weight excluding hydrogens is 266 g/mol. The molecule has 0 aliphatic carbocycles. The highest BCUT2D eigenvalue weighted by atomic mass is 16.5. The zero-order chi connectivity index (χ0) is 14.8. The zero-order valence-electron chi connectivity index (χ0n) is 11.4. The summed E-state index contributed by atoms with van der Waals surface area (Å²) in [6, 6.07) is 16.3. The molecule has 3 rings (SSSR count). The molecule has 0 spiro atoms. The second-order valence-electron chi connectivity index (χ2n) is 4.60. The maximum absolute atomic E-state index is 12.2. The lowest BCUT2D eigenvalue weighted by atomic mass is 9.96. The third kappa shape index (κ3) is 2.21. The van der Waals surface area contributed by atoms with Crippen molar-refractivity contribution in [3.05, 3.63) is 65.7 Å². The van der Waals surface area contributed by atoms with Gasteiger partial charge in [0.05, 0.1) is 18.3 Å². The van der Waals surface area contributed by atoms with Crippen LogP contribution in [0.5, 0.6) is 5.75 Å². The Morgan fingerprint density at radius 3 is 2.14 bits per heavy atom. The van der Waals surface area contributed by atoms with Crippen LogP contribution in [0.15, 0.2) is 54.6 Å². The maximum atomic E-state index is 12.2. The van der Waals surface area contributed by atoms with Gasteiger partial charge in [0.2, 0.25) is 0 Å². The van der Waals surface area contributed by atoms with Crippen molar-refractivity contribution in [2.45, 2.75) is 0 Å². The minimum atomic E-state index is -0.400. The Labute approximate surface area is 122 Å². The normalized spacial score (nSPS) is 14.3. The second-order valence-corrected chi connectivity index (χ2v) is 4.60. The summed E-state index contributed by atoms with van der Waals surface area (Å²) >= 11 is 0. The van der Waals surface area contributed by atoms with Crippen LogP contribution in [0.3, 0.4) is 0 Å². The molecule has 0 bridgehead atoms. The molecular formula is C17H13NO3. The van der Waals surface area contributed by atoms with Crippen molar-refractivity contribution in [1.82, 2.24) is 5.32 Å². The van der Waals surface area contributed by atoms with Crippen LogP contribution in [0.4, 0.5) is 0 Å². The Bertz CT molecular complexity index is 748. The molecule has 104 valence electrons. The number of hydrogen-bond donors (Lipinski definition) is 1. The Morgan fingerprint density at radius 2 is 1.43 bits per heavy atom. The van der Waals surface area contributed by atoms with Gasteiger partial charge in [0, 0.05) is 5.56 Å². The van der Waals surface area contributed by atoms with Gasteiger partial charge in [-0.1, -0.05) is 48.5 Å². The molecule has 2 aromatic rings. The Morgan fingerprint density at radius 1 is 0.810 bits per heavy atom. The number of para-hydroxylation sites is 1. The molecule has 0 fully saturated rings. The number of imide groups is 1. The van der Waals surface area contributed by atoms with E-state index >= 15 is 0 Å². The fraction of sp³-hybridized carbons (Fsp3) is 0.0588. The van der Waals surface area contributed by atoms with Gasteiger partial charge in [0.15, 0.2) is 0 Å². The van der Waals surface area contributed by atoms with E-state index in [4.69, 9.17) is 4.74 Å². The van der Waals surface area contributed by atoms with Crippen molar-refractivity contribution in [3.8, 4) is 5.75 Å². The maximum Gasteiger partial charge on any atom is 0.259 e. The van der Waals surface area contributed by atoms with E-state index in [1.54, 1.807) is 12.1 Å². The first-order valence-electron chi connectivity index (χ1n) is 6.51. The van der Waals surface area contributed by atoms with Crippen LogP contribution in [0.2, 0.25) is 0 Å². The number of rotatable bonds is 3. The number of hydrogen-bond acceptors (Lipinski definition) is 3. The van der Waals surface area contributed by atoms with Gasteiger partial charge in [-0.05, 0) is 11.6 Å². The number of amides is 2. The third-order valence-corrected chi connectivity index (χ3v) is 3.37. The van der Waals surface area contributed by atoms with Crippen LogP contribution in [0, 0.1) is 0 Å². The minimum Gasteiger partial charge on any atom is -0.496 e. The molecule has 0 unspecified atom stereocenters. The minimum absolute atomic E-state index is 0.351. The molecule has 1 heterocycles. The van der Waals surface area contributed by atoms with E-state index in [0.29, 0.717) is 28.0 Å². The standard InChI is InChI=1S/C17H13NO3/c1-21-13-10-6-5-9-12(13)15-14(16(19)18-17(15)20)11-7-3-2-4-8-11/h2-10H,1H3,(H,18,19,20). The van der Waals surface area contributed by atoms with Gasteiger partial charge in [0.25, 0.3) is 11.8 Å². The average molecular weight is 279 g/mol. The monoisotopic (exact) mass is 279 g/mol. The molecule has 21 heavy (non-hydrogen) atoms. The summed E-state index contributed by atoms with van der Waals surface area (Å²) in [5, 5.41) is 2.36. The predicted octanol–water partition coefficient (Wildman–Crippen LogP) is 2.26. The summed E-state index contributed by atoms with van der Waals surface area (Å²) < 4.78 is 5.30. The number of nitrogens with one attached hydrogen (secondary N) is 1. The smallest absolute Gasteiger partial charge is 0.259 e. The largest absolute Gasteiger partial charge is 0.496 e. The van der Waals surface area contributed by atoms with Crippen LogP contribution in [-0.4, -0.2) is 18.9 Å². The fourth-order valence-electron chi connectivity index (χ4n) is 2.44. The average Bonchev–Trinajstić information content (AvgIpc) is 2.82. The quantitative estimate of drug-likeness (QED) is 0.877. The van der Waals surface area contributed by atoms with E-state index < -0.39 is 5.91 Å². The molecule has 2 amide bonds. The Hall–Kier alpha value is -2.88. The molecule has 0 saturated heterocycles. The van der Waals surface area contributed by atoms with Gasteiger partial charge >= 0.3 is 0 Å². The number of carbonyl (C=O) groups excluding carboxylic acids is 2. The highest BCUT2D eigenvalue weighted by molar-refractivity contribution is 6.49. The van der Waals surface area contributed by atoms with Crippen molar-refractivity contribution < 1.29 is 14.3 Å². The van der Waals surface area contributed by atoms with E-state index in [1.807, 2.05) is 42.5 Å². The molecule has 2 aromatic carbocycles. The summed E-state index contributed by atoms with van der Waals surface area (Å²) in [5.41, 5.74) is 2.05. The van der Waals surface area contributed by atoms with Crippen molar-refractivity contribution in [3.63, 3.8) is 0 Å². The summed E-state index contributed by atoms with van der Waals surface area (Å²) in [6.45, 7) is 0. The first-order chi connectivity index (χ1) is 10.2. The molecule has 0 radical (unpaired) electrons. The summed E-state index contributed by atoms with van der Waals surface area (Å²) in [5.74, 6) is -0.221. The van der Waals surface area contributed by atoms with Crippen LogP contribution >= 0.6 is 0 Å². The third-order valence-electron chi connectivity index (χ3n) is 3.37. The number of methoxy groups -OCH3 is 1. The van der Waals surface area contributed by atoms with Crippen molar-refractivity contribution in [2.75, 3.05) is 7.11 Å². The van der Waals surface area contributed by atoms with E-state index in [-0.39, 0.29) is 5.91 Å². The molecule has 1 aliphatic rings. The van der Waals surface area contributed by atoms with E-state index in [2.05, 4.69) is 5.32 Å². The first kappa shape index (κ1) is 13.1. The molecule has 4 nitrogen and oxygen atoms in total. The molecule has 4 heteroatoms. The van der Waals surface area contributed by atoms with Gasteiger partial charge in [-0.25, -0.2) is 0 Å². The van der Waals surface area contributed by atoms with Crippen LogP contribution < -0.4 is 10.1 Å². The van der Waals surface area contributed by atoms with Crippen LogP contribution in [0.25, 0.3) is 11.1 Å². The lowest BCUT2D eigenvalue weighted by Gasteiger charge is -2.09. The SMILES string of the molecule is COc1ccccc1C1=C(c2ccccc2)C(=O)NC1=O. The highest BCUT2D eigenvalue weighted by Crippen LogP contribution is 2.35. The number of benzene rings is 2. The summed E-state index contributed by atoms with van der Waals surface area (Å²) in [6.07, 6.45) is 0. The van der Waals surface area contributed by atoms with Crippen molar-refractivity contribution >= 4 is 23.0 Å². The van der Waals surface area contributed by atoms with Crippen molar-refractivity contribution in [1.29, 1.82) is 0 Å². The van der Waals surface area contributed by atoms with Crippen molar-refractivity contribution in [2.24, 2.45) is 0 Å². The van der Waals surface area contributed by atoms with Crippen LogP contribution in [-0.2, 0) is 9.59 Å². The van der Waals surface area contributed by atoms with E-state index in [0.717, 1.165) is 0 Å². The number of ether oxygens (including phenoxy) is 1. The summed E-state index contributed by atoms with van der Waals surface area (Å²) in [7, 11) is 1.54. The molecule has 0 saturated carbocycles. The molecule has 1 aliphatic heterocycles. The molecule has 1 N–H and O–H groups in total. The highest BCUT2D eigenvalue weighted by Gasteiger charge is 2.33. The Balaban J connectivity index is 2.27. The second kappa shape index (κ2) is 5.25. The van der Waals surface area contributed by atoms with Gasteiger partial charge in [-0.2, -0.15) is 0 Å². The van der Waals surface area contributed by atoms with Gasteiger partial charge in [-0.3, -0.25) is 14.9 Å². The lowest BCUT2D eigenvalue weighted by molar-refractivity contribution is -0.122.